The van der Waals surface area contributed by atoms with Crippen LogP contribution in [0.5, 0.6) is 5.75 Å². The number of carbonyl (C=O) groups excluding carboxylic acids is 5. The van der Waals surface area contributed by atoms with Gasteiger partial charge in [0.2, 0.25) is 17.3 Å². The van der Waals surface area contributed by atoms with E-state index >= 15 is 0 Å². The van der Waals surface area contributed by atoms with Crippen LogP contribution in [0.15, 0.2) is 17.1 Å². The standard InChI is InChI=1S/C36H39NO15/c1-13-7-15-8-22(41)36(51-6)32(45)25-17(31(44)35(36,47)26(15)18(11-38)23(13)34(46)50-5)9-16-24(30(25)49-4)21(40)10-20(27(16)42)37-33-19(12-39)28(43)29(48-3)14(2)52-33/h7,9,14,19,22,28-29,33,38-39,41,43,47H,8,10-12H2,1-6H3/t14-,19+,22+,28-,29-,33-,35-,36+/m0/s1. The average molecular weight is 726 g/mol. The van der Waals surface area contributed by atoms with Crippen molar-refractivity contribution in [3.63, 3.8) is 0 Å². The number of hydrogen-bond donors (Lipinski definition) is 5. The van der Waals surface area contributed by atoms with E-state index in [0.29, 0.717) is 5.56 Å². The SMILES string of the molecule is COC(=O)c1c(C)cc2c(c1CO)[C@]1(O)C(=O)c3cc4c(c(OC)c3C(=O)[C@]1(OC)[C@H](O)C2)C(=O)CC(=N[C@H]1O[C@@H](C)[C@H](OC)[C@@H](O)[C@H]1CO)C4=O. The lowest BCUT2D eigenvalue weighted by molar-refractivity contribution is -0.206. The molecule has 16 heteroatoms. The number of nitrogens with zero attached hydrogens (tertiary/aromatic N) is 1. The monoisotopic (exact) mass is 725 g/mol. The Morgan fingerprint density at radius 1 is 1.02 bits per heavy atom. The van der Waals surface area contributed by atoms with E-state index in [9.17, 15) is 49.5 Å². The molecule has 0 spiro atoms. The summed E-state index contributed by atoms with van der Waals surface area (Å²) in [6.07, 6.45) is -6.90. The van der Waals surface area contributed by atoms with Crippen LogP contribution in [0, 0.1) is 12.8 Å². The molecule has 1 fully saturated rings. The zero-order chi connectivity index (χ0) is 38.2. The Kier molecular flexibility index (Phi) is 9.59. The van der Waals surface area contributed by atoms with Crippen molar-refractivity contribution in [2.24, 2.45) is 10.9 Å². The molecule has 0 amide bonds. The van der Waals surface area contributed by atoms with Gasteiger partial charge in [0.1, 0.15) is 11.9 Å². The summed E-state index contributed by atoms with van der Waals surface area (Å²) >= 11 is 0. The van der Waals surface area contributed by atoms with Gasteiger partial charge >= 0.3 is 5.97 Å². The number of aryl methyl sites for hydroxylation is 1. The minimum atomic E-state index is -3.10. The summed E-state index contributed by atoms with van der Waals surface area (Å²) in [5, 5.41) is 55.8. The fourth-order valence-corrected chi connectivity index (χ4v) is 8.45. The van der Waals surface area contributed by atoms with Crippen molar-refractivity contribution in [2.45, 2.75) is 75.1 Å². The van der Waals surface area contributed by atoms with Gasteiger partial charge in [-0.15, -0.1) is 0 Å². The van der Waals surface area contributed by atoms with Crippen LogP contribution in [-0.4, -0.2) is 132 Å². The Morgan fingerprint density at radius 3 is 2.29 bits per heavy atom. The smallest absolute Gasteiger partial charge is 0.338 e. The maximum atomic E-state index is 14.9. The highest BCUT2D eigenvalue weighted by atomic mass is 16.6. The van der Waals surface area contributed by atoms with Gasteiger partial charge in [-0.1, -0.05) is 6.07 Å². The van der Waals surface area contributed by atoms with E-state index in [0.717, 1.165) is 27.4 Å². The van der Waals surface area contributed by atoms with Crippen molar-refractivity contribution in [3.05, 3.63) is 62.2 Å². The number of methoxy groups -OCH3 is 4. The van der Waals surface area contributed by atoms with Crippen molar-refractivity contribution >= 4 is 34.8 Å². The van der Waals surface area contributed by atoms with Crippen LogP contribution >= 0.6 is 0 Å². The predicted molar refractivity (Wildman–Crippen MR) is 176 cm³/mol. The molecule has 0 saturated carbocycles. The molecule has 0 bridgehead atoms. The Labute approximate surface area is 296 Å². The number of fused-ring (bicyclic) bond motifs is 5. The molecule has 278 valence electrons. The van der Waals surface area contributed by atoms with E-state index < -0.39 is 119 Å². The Bertz CT molecular complexity index is 1950. The Balaban J connectivity index is 1.59. The summed E-state index contributed by atoms with van der Waals surface area (Å²) < 4.78 is 27.2. The maximum Gasteiger partial charge on any atom is 0.338 e. The second kappa shape index (κ2) is 13.3. The lowest BCUT2D eigenvalue weighted by Gasteiger charge is -2.53. The topological polar surface area (TPSA) is 245 Å². The van der Waals surface area contributed by atoms with Gasteiger partial charge in [-0.05, 0) is 36.6 Å². The third-order valence-electron chi connectivity index (χ3n) is 10.8. The molecule has 4 aliphatic rings. The summed E-state index contributed by atoms with van der Waals surface area (Å²) in [5.41, 5.74) is -8.44. The molecule has 0 aromatic heterocycles. The molecule has 1 heterocycles. The third kappa shape index (κ3) is 4.83. The molecule has 1 saturated heterocycles. The molecule has 1 aliphatic heterocycles. The minimum absolute atomic E-state index is 0.130. The van der Waals surface area contributed by atoms with Crippen molar-refractivity contribution in [2.75, 3.05) is 35.0 Å². The van der Waals surface area contributed by atoms with Crippen LogP contribution in [-0.2, 0) is 37.6 Å². The molecule has 0 unspecified atom stereocenters. The first-order valence-electron chi connectivity index (χ1n) is 16.4. The van der Waals surface area contributed by atoms with Crippen LogP contribution in [0.2, 0.25) is 0 Å². The number of aliphatic hydroxyl groups excluding tert-OH is 4. The van der Waals surface area contributed by atoms with Crippen LogP contribution in [0.3, 0.4) is 0 Å². The van der Waals surface area contributed by atoms with E-state index in [2.05, 4.69) is 4.99 Å². The van der Waals surface area contributed by atoms with E-state index in [-0.39, 0.29) is 39.9 Å². The molecule has 6 rings (SSSR count). The zero-order valence-corrected chi connectivity index (χ0v) is 29.2. The lowest BCUT2D eigenvalue weighted by atomic mass is 9.56. The van der Waals surface area contributed by atoms with Gasteiger partial charge in [-0.2, -0.15) is 0 Å². The summed E-state index contributed by atoms with van der Waals surface area (Å²) in [6.45, 7) is 1.62. The molecule has 2 aromatic rings. The van der Waals surface area contributed by atoms with E-state index in [1.165, 1.54) is 20.1 Å². The molecule has 8 atom stereocenters. The number of benzene rings is 2. The van der Waals surface area contributed by atoms with Gasteiger partial charge in [0, 0.05) is 37.3 Å². The number of rotatable bonds is 7. The van der Waals surface area contributed by atoms with Crippen LogP contribution < -0.4 is 4.74 Å². The first-order chi connectivity index (χ1) is 24.6. The van der Waals surface area contributed by atoms with Gasteiger partial charge < -0.3 is 49.2 Å². The number of carbonyl (C=O) groups is 5. The first-order valence-corrected chi connectivity index (χ1v) is 16.4. The second-order valence-corrected chi connectivity index (χ2v) is 13.3. The number of ether oxygens (including phenoxy) is 5. The second-order valence-electron chi connectivity index (χ2n) is 13.3. The number of aliphatic imine (C=N–C) groups is 1. The van der Waals surface area contributed by atoms with Crippen molar-refractivity contribution in [1.29, 1.82) is 0 Å². The first kappa shape index (κ1) is 37.5. The quantitative estimate of drug-likeness (QED) is 0.232. The molecular weight excluding hydrogens is 686 g/mol. The highest BCUT2D eigenvalue weighted by molar-refractivity contribution is 6.53. The zero-order valence-electron chi connectivity index (χ0n) is 29.2. The van der Waals surface area contributed by atoms with Crippen LogP contribution in [0.1, 0.15) is 87.4 Å². The van der Waals surface area contributed by atoms with E-state index in [1.807, 2.05) is 0 Å². The summed E-state index contributed by atoms with van der Waals surface area (Å²) in [7, 11) is 4.55. The number of hydrogen-bond acceptors (Lipinski definition) is 16. The van der Waals surface area contributed by atoms with Gasteiger partial charge in [-0.3, -0.25) is 24.2 Å². The molecule has 5 N–H and O–H groups in total. The number of Topliss-reactive ketones (excluding diaryl/α,β-unsaturated/α-hetero) is 4. The molecular formula is C36H39NO15. The van der Waals surface area contributed by atoms with E-state index in [1.54, 1.807) is 6.92 Å². The lowest BCUT2D eigenvalue weighted by Crippen LogP contribution is -2.73. The molecule has 0 radical (unpaired) electrons. The molecule has 3 aliphatic carbocycles. The Morgan fingerprint density at radius 2 is 1.71 bits per heavy atom. The minimum Gasteiger partial charge on any atom is -0.495 e. The van der Waals surface area contributed by atoms with Crippen LogP contribution in [0.25, 0.3) is 0 Å². The largest absolute Gasteiger partial charge is 0.495 e. The highest BCUT2D eigenvalue weighted by Crippen LogP contribution is 2.55. The number of aliphatic hydroxyl groups is 5. The average Bonchev–Trinajstić information content (AvgIpc) is 3.11. The van der Waals surface area contributed by atoms with Crippen molar-refractivity contribution in [1.82, 2.24) is 0 Å². The molecule has 52 heavy (non-hydrogen) atoms. The highest BCUT2D eigenvalue weighted by Gasteiger charge is 2.72. The number of esters is 1. The third-order valence-corrected chi connectivity index (χ3v) is 10.8. The van der Waals surface area contributed by atoms with Crippen molar-refractivity contribution in [3.8, 4) is 5.75 Å². The van der Waals surface area contributed by atoms with E-state index in [4.69, 9.17) is 23.7 Å². The molecule has 2 aromatic carbocycles. The fourth-order valence-electron chi connectivity index (χ4n) is 8.45. The van der Waals surface area contributed by atoms with Gasteiger partial charge in [0.05, 0.1) is 80.5 Å². The van der Waals surface area contributed by atoms with Crippen LogP contribution in [0.4, 0.5) is 0 Å². The summed E-state index contributed by atoms with van der Waals surface area (Å²) in [4.78, 5) is 74.8. The van der Waals surface area contributed by atoms with Gasteiger partial charge in [0.25, 0.3) is 0 Å². The molecule has 16 nitrogen and oxygen atoms in total. The fraction of sp³-hybridized carbons (Fsp3) is 0.500. The predicted octanol–water partition coefficient (Wildman–Crippen LogP) is -0.209. The van der Waals surface area contributed by atoms with Gasteiger partial charge in [0.15, 0.2) is 23.2 Å². The normalized spacial score (nSPS) is 31.9. The van der Waals surface area contributed by atoms with Gasteiger partial charge in [-0.25, -0.2) is 4.79 Å². The number of ketones is 4. The summed E-state index contributed by atoms with van der Waals surface area (Å²) in [6, 6.07) is 2.38. The van der Waals surface area contributed by atoms with Crippen molar-refractivity contribution < 1.29 is 73.2 Å². The Hall–Kier alpha value is -4.26. The maximum absolute atomic E-state index is 14.9. The summed E-state index contributed by atoms with van der Waals surface area (Å²) in [5.74, 6) is -6.46.